The number of aromatic nitrogens is 4. The largest absolute Gasteiger partial charge is 0.481 e. The third-order valence-corrected chi connectivity index (χ3v) is 3.35. The summed E-state index contributed by atoms with van der Waals surface area (Å²) in [6.07, 6.45) is 1.55. The molecule has 0 fully saturated rings. The molecule has 0 bridgehead atoms. The van der Waals surface area contributed by atoms with Gasteiger partial charge >= 0.3 is 5.97 Å². The minimum absolute atomic E-state index is 0.101. The zero-order valence-corrected chi connectivity index (χ0v) is 11.2. The molecular formula is C11H12N4O3S. The van der Waals surface area contributed by atoms with Crippen LogP contribution in [0.4, 0.5) is 0 Å². The van der Waals surface area contributed by atoms with Gasteiger partial charge in [0.2, 0.25) is 0 Å². The SMILES string of the molecule is Cc1cc(=O)c(-c2nc(SCC(=O)O)n(C)n2)c[nH]1. The molecule has 0 aliphatic rings. The molecule has 0 radical (unpaired) electrons. The van der Waals surface area contributed by atoms with Crippen LogP contribution in [0, 0.1) is 6.92 Å². The molecule has 8 heteroatoms. The van der Waals surface area contributed by atoms with E-state index >= 15 is 0 Å². The summed E-state index contributed by atoms with van der Waals surface area (Å²) < 4.78 is 1.46. The number of nitrogens with one attached hydrogen (secondary N) is 1. The summed E-state index contributed by atoms with van der Waals surface area (Å²) >= 11 is 1.06. The highest BCUT2D eigenvalue weighted by Crippen LogP contribution is 2.18. The van der Waals surface area contributed by atoms with E-state index in [0.29, 0.717) is 10.7 Å². The van der Waals surface area contributed by atoms with Crippen molar-refractivity contribution >= 4 is 17.7 Å². The van der Waals surface area contributed by atoms with Crippen molar-refractivity contribution < 1.29 is 9.90 Å². The van der Waals surface area contributed by atoms with Crippen LogP contribution >= 0.6 is 11.8 Å². The number of aryl methyl sites for hydroxylation is 2. The highest BCUT2D eigenvalue weighted by atomic mass is 32.2. The number of hydrogen-bond acceptors (Lipinski definition) is 5. The smallest absolute Gasteiger partial charge is 0.313 e. The predicted molar refractivity (Wildman–Crippen MR) is 70.2 cm³/mol. The summed E-state index contributed by atoms with van der Waals surface area (Å²) in [4.78, 5) is 29.4. The average Bonchev–Trinajstić information content (AvgIpc) is 2.67. The number of pyridine rings is 1. The van der Waals surface area contributed by atoms with Crippen LogP contribution in [0.15, 0.2) is 22.2 Å². The van der Waals surface area contributed by atoms with E-state index in [-0.39, 0.29) is 17.0 Å². The summed E-state index contributed by atoms with van der Waals surface area (Å²) in [6.45, 7) is 1.78. The molecule has 0 aliphatic carbocycles. The summed E-state index contributed by atoms with van der Waals surface area (Å²) in [5, 5.41) is 13.2. The molecule has 19 heavy (non-hydrogen) atoms. The molecule has 0 unspecified atom stereocenters. The first-order valence-electron chi connectivity index (χ1n) is 5.42. The number of carboxylic acid groups (broad SMARTS) is 1. The first kappa shape index (κ1) is 13.3. The summed E-state index contributed by atoms with van der Waals surface area (Å²) in [6, 6.07) is 1.47. The second-order valence-corrected chi connectivity index (χ2v) is 4.86. The van der Waals surface area contributed by atoms with Crippen LogP contribution in [0.5, 0.6) is 0 Å². The minimum Gasteiger partial charge on any atom is -0.481 e. The van der Waals surface area contributed by atoms with Crippen LogP contribution < -0.4 is 5.43 Å². The van der Waals surface area contributed by atoms with Crippen LogP contribution in [-0.2, 0) is 11.8 Å². The molecule has 2 N–H and O–H groups in total. The molecule has 7 nitrogen and oxygen atoms in total. The van der Waals surface area contributed by atoms with Crippen molar-refractivity contribution in [2.75, 3.05) is 5.75 Å². The Morgan fingerprint density at radius 1 is 1.58 bits per heavy atom. The number of aromatic amines is 1. The molecule has 2 heterocycles. The number of hydrogen-bond donors (Lipinski definition) is 2. The van der Waals surface area contributed by atoms with Gasteiger partial charge in [0.15, 0.2) is 16.4 Å². The minimum atomic E-state index is -0.928. The molecule has 0 saturated heterocycles. The number of thioether (sulfide) groups is 1. The number of H-pyrrole nitrogens is 1. The first-order valence-corrected chi connectivity index (χ1v) is 6.41. The Hall–Kier alpha value is -2.09. The van der Waals surface area contributed by atoms with Gasteiger partial charge in [0.1, 0.15) is 0 Å². The molecule has 2 rings (SSSR count). The summed E-state index contributed by atoms with van der Waals surface area (Å²) in [5.74, 6) is -0.740. The maximum Gasteiger partial charge on any atom is 0.313 e. The second-order valence-electron chi connectivity index (χ2n) is 3.92. The molecule has 2 aromatic rings. The number of carboxylic acids is 1. The summed E-state index contributed by atoms with van der Waals surface area (Å²) in [5.41, 5.74) is 0.949. The van der Waals surface area contributed by atoms with Gasteiger partial charge in [-0.1, -0.05) is 11.8 Å². The van der Waals surface area contributed by atoms with E-state index in [1.807, 2.05) is 0 Å². The molecule has 2 aromatic heterocycles. The maximum atomic E-state index is 11.8. The Morgan fingerprint density at radius 3 is 2.95 bits per heavy atom. The molecular weight excluding hydrogens is 268 g/mol. The zero-order chi connectivity index (χ0) is 14.0. The molecule has 0 spiro atoms. The average molecular weight is 280 g/mol. The van der Waals surface area contributed by atoms with E-state index in [2.05, 4.69) is 15.1 Å². The molecule has 0 aromatic carbocycles. The van der Waals surface area contributed by atoms with Crippen LogP contribution in [0.2, 0.25) is 0 Å². The Balaban J connectivity index is 2.33. The third kappa shape index (κ3) is 3.02. The standard InChI is InChI=1S/C11H12N4O3S/c1-6-3-8(16)7(4-12-6)10-13-11(15(2)14-10)19-5-9(17)18/h3-4H,5H2,1-2H3,(H,12,16)(H,17,18). The van der Waals surface area contributed by atoms with E-state index in [4.69, 9.17) is 5.11 Å². The quantitative estimate of drug-likeness (QED) is 0.798. The third-order valence-electron chi connectivity index (χ3n) is 2.35. The van der Waals surface area contributed by atoms with Crippen molar-refractivity contribution in [3.63, 3.8) is 0 Å². The van der Waals surface area contributed by atoms with Gasteiger partial charge in [0.05, 0.1) is 11.3 Å². The van der Waals surface area contributed by atoms with Gasteiger partial charge in [0.25, 0.3) is 0 Å². The van der Waals surface area contributed by atoms with Crippen molar-refractivity contribution in [2.45, 2.75) is 12.1 Å². The lowest BCUT2D eigenvalue weighted by molar-refractivity contribution is -0.133. The summed E-state index contributed by atoms with van der Waals surface area (Å²) in [7, 11) is 1.66. The van der Waals surface area contributed by atoms with Crippen molar-refractivity contribution in [3.05, 3.63) is 28.2 Å². The Morgan fingerprint density at radius 2 is 2.32 bits per heavy atom. The fourth-order valence-corrected chi connectivity index (χ4v) is 2.12. The number of rotatable bonds is 4. The van der Waals surface area contributed by atoms with E-state index in [1.165, 1.54) is 10.7 Å². The second kappa shape index (κ2) is 5.27. The van der Waals surface area contributed by atoms with E-state index in [1.54, 1.807) is 20.2 Å². The Labute approximate surface area is 112 Å². The lowest BCUT2D eigenvalue weighted by atomic mass is 10.2. The lowest BCUT2D eigenvalue weighted by Gasteiger charge is -1.95. The Kier molecular flexibility index (Phi) is 3.70. The van der Waals surface area contributed by atoms with Crippen LogP contribution in [0.25, 0.3) is 11.4 Å². The lowest BCUT2D eigenvalue weighted by Crippen LogP contribution is -2.06. The van der Waals surface area contributed by atoms with Crippen LogP contribution in [0.3, 0.4) is 0 Å². The van der Waals surface area contributed by atoms with Gasteiger partial charge in [-0.15, -0.1) is 0 Å². The molecule has 0 atom stereocenters. The highest BCUT2D eigenvalue weighted by molar-refractivity contribution is 7.99. The van der Waals surface area contributed by atoms with Gasteiger partial charge < -0.3 is 10.1 Å². The maximum absolute atomic E-state index is 11.8. The van der Waals surface area contributed by atoms with Crippen molar-refractivity contribution in [3.8, 4) is 11.4 Å². The van der Waals surface area contributed by atoms with E-state index in [9.17, 15) is 9.59 Å². The number of nitrogens with zero attached hydrogens (tertiary/aromatic N) is 3. The number of carbonyl (C=O) groups is 1. The molecule has 0 aliphatic heterocycles. The van der Waals surface area contributed by atoms with Gasteiger partial charge in [-0.2, -0.15) is 5.10 Å². The van der Waals surface area contributed by atoms with Crippen LogP contribution in [0.1, 0.15) is 5.69 Å². The molecule has 100 valence electrons. The topological polar surface area (TPSA) is 101 Å². The van der Waals surface area contributed by atoms with Crippen LogP contribution in [-0.4, -0.2) is 36.6 Å². The molecule has 0 amide bonds. The van der Waals surface area contributed by atoms with Gasteiger partial charge in [-0.25, -0.2) is 9.67 Å². The van der Waals surface area contributed by atoms with Gasteiger partial charge in [-0.05, 0) is 6.92 Å². The molecule has 0 saturated carbocycles. The van der Waals surface area contributed by atoms with Crippen molar-refractivity contribution in [2.24, 2.45) is 7.05 Å². The normalized spacial score (nSPS) is 10.6. The predicted octanol–water partition coefficient (Wildman–Crippen LogP) is 0.656. The number of aliphatic carboxylic acids is 1. The van der Waals surface area contributed by atoms with Gasteiger partial charge in [0, 0.05) is 25.0 Å². The monoisotopic (exact) mass is 280 g/mol. The Bertz CT molecular complexity index is 677. The first-order chi connectivity index (χ1) is 8.97. The van der Waals surface area contributed by atoms with Gasteiger partial charge in [-0.3, -0.25) is 9.59 Å². The fourth-order valence-electron chi connectivity index (χ4n) is 1.48. The van der Waals surface area contributed by atoms with E-state index in [0.717, 1.165) is 17.5 Å². The van der Waals surface area contributed by atoms with Crippen molar-refractivity contribution in [1.82, 2.24) is 19.7 Å². The zero-order valence-electron chi connectivity index (χ0n) is 10.4. The van der Waals surface area contributed by atoms with Crippen molar-refractivity contribution in [1.29, 1.82) is 0 Å². The fraction of sp³-hybridized carbons (Fsp3) is 0.273. The highest BCUT2D eigenvalue weighted by Gasteiger charge is 2.13. The van der Waals surface area contributed by atoms with E-state index < -0.39 is 5.97 Å².